The largest absolute Gasteiger partial charge is 0.497 e. The molecule has 0 aliphatic carbocycles. The first kappa shape index (κ1) is 21.8. The van der Waals surface area contributed by atoms with E-state index >= 15 is 0 Å². The van der Waals surface area contributed by atoms with E-state index in [2.05, 4.69) is 10.2 Å². The third-order valence-corrected chi connectivity index (χ3v) is 4.58. The van der Waals surface area contributed by atoms with E-state index in [-0.39, 0.29) is 16.8 Å². The minimum atomic E-state index is -1.52. The molecular formula is C22H16ClN3O5. The molecule has 1 unspecified atom stereocenters. The Bertz CT molecular complexity index is 1140. The van der Waals surface area contributed by atoms with Gasteiger partial charge in [-0.1, -0.05) is 23.7 Å². The van der Waals surface area contributed by atoms with E-state index in [0.29, 0.717) is 16.5 Å². The predicted octanol–water partition coefficient (Wildman–Crippen LogP) is 5.47. The van der Waals surface area contributed by atoms with Crippen molar-refractivity contribution >= 4 is 34.5 Å². The molecule has 0 amide bonds. The number of Topliss-reactive ketones (excluding diaryl/α,β-unsaturated/α-hetero) is 2. The first-order valence-corrected chi connectivity index (χ1v) is 9.40. The molecule has 9 heteroatoms. The lowest BCUT2D eigenvalue weighted by Crippen LogP contribution is -2.28. The Kier molecular flexibility index (Phi) is 6.84. The van der Waals surface area contributed by atoms with E-state index in [1.54, 1.807) is 36.4 Å². The highest BCUT2D eigenvalue weighted by Crippen LogP contribution is 2.22. The van der Waals surface area contributed by atoms with Crippen LogP contribution in [0.15, 0.2) is 83.0 Å². The number of rotatable bonds is 8. The molecule has 0 heterocycles. The monoisotopic (exact) mass is 437 g/mol. The van der Waals surface area contributed by atoms with Crippen LogP contribution in [0.2, 0.25) is 5.02 Å². The lowest BCUT2D eigenvalue weighted by atomic mass is 9.96. The minimum absolute atomic E-state index is 0.0175. The molecule has 0 saturated carbocycles. The fraction of sp³-hybridized carbons (Fsp3) is 0.0909. The number of nitro groups is 1. The smallest absolute Gasteiger partial charge is 0.270 e. The van der Waals surface area contributed by atoms with Gasteiger partial charge >= 0.3 is 0 Å². The van der Waals surface area contributed by atoms with E-state index < -0.39 is 22.5 Å². The number of methoxy groups -OCH3 is 1. The van der Waals surface area contributed by atoms with E-state index in [1.807, 2.05) is 0 Å². The first-order valence-electron chi connectivity index (χ1n) is 9.02. The number of ether oxygens (including phenoxy) is 1. The number of halogens is 1. The fourth-order valence-electron chi connectivity index (χ4n) is 2.70. The third-order valence-electron chi connectivity index (χ3n) is 4.33. The van der Waals surface area contributed by atoms with Crippen LogP contribution in [-0.4, -0.2) is 29.6 Å². The summed E-state index contributed by atoms with van der Waals surface area (Å²) in [6.45, 7) is 0. The van der Waals surface area contributed by atoms with Gasteiger partial charge in [-0.2, -0.15) is 10.2 Å². The summed E-state index contributed by atoms with van der Waals surface area (Å²) in [5.41, 5.74) is 0.329. The van der Waals surface area contributed by atoms with Gasteiger partial charge in [-0.05, 0) is 48.5 Å². The van der Waals surface area contributed by atoms with Crippen LogP contribution < -0.4 is 4.74 Å². The molecule has 3 aromatic rings. The van der Waals surface area contributed by atoms with Gasteiger partial charge < -0.3 is 4.74 Å². The number of hydrogen-bond donors (Lipinski definition) is 0. The predicted molar refractivity (Wildman–Crippen MR) is 115 cm³/mol. The van der Waals surface area contributed by atoms with Crippen molar-refractivity contribution in [3.8, 4) is 5.75 Å². The Balaban J connectivity index is 1.98. The Labute approximate surface area is 182 Å². The zero-order chi connectivity index (χ0) is 22.4. The Morgan fingerprint density at radius 2 is 1.61 bits per heavy atom. The second-order valence-electron chi connectivity index (χ2n) is 6.36. The molecule has 3 aromatic carbocycles. The third kappa shape index (κ3) is 5.37. The highest BCUT2D eigenvalue weighted by atomic mass is 35.5. The minimum Gasteiger partial charge on any atom is -0.497 e. The standard InChI is InChI=1S/C22H16ClN3O5/c1-31-19-11-5-14(6-12-19)21(27)20(25-24-17-9-7-16(23)8-10-17)22(28)15-3-2-4-18(13-15)26(29)30/h2-13,20H,1H3. The topological polar surface area (TPSA) is 111 Å². The molecule has 0 bridgehead atoms. The van der Waals surface area contributed by atoms with Crippen molar-refractivity contribution in [2.75, 3.05) is 7.11 Å². The van der Waals surface area contributed by atoms with Gasteiger partial charge in [0.15, 0.2) is 17.6 Å². The van der Waals surface area contributed by atoms with Crippen LogP contribution in [0.4, 0.5) is 11.4 Å². The van der Waals surface area contributed by atoms with Gasteiger partial charge in [0.1, 0.15) is 5.75 Å². The van der Waals surface area contributed by atoms with E-state index in [1.165, 1.54) is 37.4 Å². The summed E-state index contributed by atoms with van der Waals surface area (Å²) >= 11 is 5.85. The molecule has 31 heavy (non-hydrogen) atoms. The molecule has 0 aromatic heterocycles. The molecule has 0 N–H and O–H groups in total. The summed E-state index contributed by atoms with van der Waals surface area (Å²) in [6.07, 6.45) is 0. The number of carbonyl (C=O) groups excluding carboxylic acids is 2. The number of hydrogen-bond acceptors (Lipinski definition) is 7. The maximum atomic E-state index is 13.1. The quantitative estimate of drug-likeness (QED) is 0.152. The van der Waals surface area contributed by atoms with Gasteiger partial charge in [0.2, 0.25) is 0 Å². The SMILES string of the molecule is COc1ccc(C(=O)C(N=Nc2ccc(Cl)cc2)C(=O)c2cccc([N+](=O)[O-])c2)cc1. The zero-order valence-electron chi connectivity index (χ0n) is 16.3. The Morgan fingerprint density at radius 3 is 2.23 bits per heavy atom. The van der Waals surface area contributed by atoms with Crippen molar-refractivity contribution in [1.82, 2.24) is 0 Å². The molecule has 8 nitrogen and oxygen atoms in total. The number of benzene rings is 3. The lowest BCUT2D eigenvalue weighted by molar-refractivity contribution is -0.384. The summed E-state index contributed by atoms with van der Waals surface area (Å²) in [6, 6.07) is 16.1. The molecule has 0 saturated heterocycles. The lowest BCUT2D eigenvalue weighted by Gasteiger charge is -2.10. The average molecular weight is 438 g/mol. The Hall–Kier alpha value is -3.91. The van der Waals surface area contributed by atoms with Crippen molar-refractivity contribution in [1.29, 1.82) is 0 Å². The highest BCUT2D eigenvalue weighted by Gasteiger charge is 2.29. The summed E-state index contributed by atoms with van der Waals surface area (Å²) < 4.78 is 5.08. The van der Waals surface area contributed by atoms with Crippen molar-refractivity contribution in [3.05, 3.63) is 99.1 Å². The summed E-state index contributed by atoms with van der Waals surface area (Å²) in [4.78, 5) is 36.6. The molecule has 0 aliphatic heterocycles. The van der Waals surface area contributed by atoms with Gasteiger partial charge in [0.25, 0.3) is 5.69 Å². The summed E-state index contributed by atoms with van der Waals surface area (Å²) in [7, 11) is 1.49. The second-order valence-corrected chi connectivity index (χ2v) is 6.80. The molecule has 1 atom stereocenters. The maximum absolute atomic E-state index is 13.1. The molecule has 0 spiro atoms. The van der Waals surface area contributed by atoms with Crippen LogP contribution in [0.1, 0.15) is 20.7 Å². The molecule has 156 valence electrons. The van der Waals surface area contributed by atoms with E-state index in [9.17, 15) is 19.7 Å². The summed E-state index contributed by atoms with van der Waals surface area (Å²) in [5.74, 6) is -0.764. The molecule has 0 radical (unpaired) electrons. The van der Waals surface area contributed by atoms with Crippen LogP contribution >= 0.6 is 11.6 Å². The fourth-order valence-corrected chi connectivity index (χ4v) is 2.83. The first-order chi connectivity index (χ1) is 14.9. The number of nitro benzene ring substituents is 1. The van der Waals surface area contributed by atoms with Gasteiger partial charge in [-0.3, -0.25) is 19.7 Å². The zero-order valence-corrected chi connectivity index (χ0v) is 17.0. The number of carbonyl (C=O) groups is 2. The van der Waals surface area contributed by atoms with Crippen LogP contribution in [-0.2, 0) is 0 Å². The van der Waals surface area contributed by atoms with Crippen molar-refractivity contribution < 1.29 is 19.2 Å². The number of non-ortho nitro benzene ring substituents is 1. The van der Waals surface area contributed by atoms with Gasteiger partial charge in [-0.25, -0.2) is 0 Å². The van der Waals surface area contributed by atoms with E-state index in [0.717, 1.165) is 6.07 Å². The van der Waals surface area contributed by atoms with Crippen LogP contribution in [0.3, 0.4) is 0 Å². The van der Waals surface area contributed by atoms with Crippen LogP contribution in [0.5, 0.6) is 5.75 Å². The Morgan fingerprint density at radius 1 is 0.968 bits per heavy atom. The number of nitrogens with zero attached hydrogens (tertiary/aromatic N) is 3. The normalized spacial score (nSPS) is 11.8. The van der Waals surface area contributed by atoms with Crippen LogP contribution in [0, 0.1) is 10.1 Å². The van der Waals surface area contributed by atoms with Gasteiger partial charge in [-0.15, -0.1) is 0 Å². The van der Waals surface area contributed by atoms with Crippen molar-refractivity contribution in [2.24, 2.45) is 10.2 Å². The molecule has 3 rings (SSSR count). The summed E-state index contributed by atoms with van der Waals surface area (Å²) in [5, 5.41) is 19.5. The van der Waals surface area contributed by atoms with Crippen molar-refractivity contribution in [2.45, 2.75) is 6.04 Å². The van der Waals surface area contributed by atoms with Crippen LogP contribution in [0.25, 0.3) is 0 Å². The molecule has 0 fully saturated rings. The number of ketones is 2. The number of azo groups is 1. The van der Waals surface area contributed by atoms with Gasteiger partial charge in [0.05, 0.1) is 17.7 Å². The molecular weight excluding hydrogens is 422 g/mol. The highest BCUT2D eigenvalue weighted by molar-refractivity contribution is 6.30. The van der Waals surface area contributed by atoms with E-state index in [4.69, 9.17) is 16.3 Å². The second kappa shape index (κ2) is 9.73. The van der Waals surface area contributed by atoms with Crippen molar-refractivity contribution in [3.63, 3.8) is 0 Å². The molecule has 0 aliphatic rings. The van der Waals surface area contributed by atoms with Gasteiger partial charge in [0, 0.05) is 28.3 Å². The average Bonchev–Trinajstić information content (AvgIpc) is 2.80. The maximum Gasteiger partial charge on any atom is 0.270 e.